The zero-order valence-electron chi connectivity index (χ0n) is 14.0. The van der Waals surface area contributed by atoms with Gasteiger partial charge in [-0.2, -0.15) is 0 Å². The third-order valence-electron chi connectivity index (χ3n) is 5.92. The van der Waals surface area contributed by atoms with E-state index in [0.29, 0.717) is 6.61 Å². The highest BCUT2D eigenvalue weighted by Gasteiger charge is 2.43. The normalized spacial score (nSPS) is 28.1. The summed E-state index contributed by atoms with van der Waals surface area (Å²) in [6.45, 7) is 5.15. The van der Waals surface area contributed by atoms with Gasteiger partial charge in [-0.25, -0.2) is 0 Å². The number of pyridine rings is 1. The Labute approximate surface area is 139 Å². The molecular formula is C19H28N2O2. The van der Waals surface area contributed by atoms with Crippen molar-refractivity contribution >= 4 is 0 Å². The fourth-order valence-corrected chi connectivity index (χ4v) is 4.13. The number of hydrogen-bond acceptors (Lipinski definition) is 4. The van der Waals surface area contributed by atoms with Gasteiger partial charge in [0.2, 0.25) is 0 Å². The highest BCUT2D eigenvalue weighted by atomic mass is 16.6. The quantitative estimate of drug-likeness (QED) is 0.836. The fourth-order valence-electron chi connectivity index (χ4n) is 4.13. The van der Waals surface area contributed by atoms with Gasteiger partial charge in [0.1, 0.15) is 0 Å². The first-order chi connectivity index (χ1) is 11.3. The molecule has 1 atom stereocenters. The first-order valence-electron chi connectivity index (χ1n) is 9.18. The first kappa shape index (κ1) is 15.6. The minimum atomic E-state index is 0.0963. The molecule has 1 unspecified atom stereocenters. The lowest BCUT2D eigenvalue weighted by Gasteiger charge is -2.41. The third-order valence-corrected chi connectivity index (χ3v) is 5.92. The topological polar surface area (TPSA) is 34.6 Å². The minimum absolute atomic E-state index is 0.0963. The number of piperidine rings is 1. The van der Waals surface area contributed by atoms with E-state index < -0.39 is 0 Å². The van der Waals surface area contributed by atoms with Gasteiger partial charge in [0.05, 0.1) is 24.9 Å². The summed E-state index contributed by atoms with van der Waals surface area (Å²) in [4.78, 5) is 6.70. The van der Waals surface area contributed by atoms with Crippen molar-refractivity contribution in [3.63, 3.8) is 0 Å². The Hall–Kier alpha value is -0.970. The second kappa shape index (κ2) is 6.88. The molecule has 1 aliphatic carbocycles. The van der Waals surface area contributed by atoms with Crippen molar-refractivity contribution in [2.45, 2.75) is 56.8 Å². The molecule has 0 aromatic carbocycles. The van der Waals surface area contributed by atoms with E-state index in [4.69, 9.17) is 9.47 Å². The van der Waals surface area contributed by atoms with E-state index in [1.54, 1.807) is 0 Å². The molecule has 2 saturated heterocycles. The summed E-state index contributed by atoms with van der Waals surface area (Å²) < 4.78 is 12.3. The SMILES string of the molecule is c1cc(COC2COC3(CCN(CC4CCC4)CC3)C2)ccn1. The van der Waals surface area contributed by atoms with Gasteiger partial charge in [-0.1, -0.05) is 6.42 Å². The van der Waals surface area contributed by atoms with Crippen LogP contribution in [-0.4, -0.2) is 47.8 Å². The molecule has 0 radical (unpaired) electrons. The molecule has 126 valence electrons. The number of aromatic nitrogens is 1. The van der Waals surface area contributed by atoms with E-state index in [1.165, 1.54) is 57.3 Å². The van der Waals surface area contributed by atoms with Gasteiger partial charge in [0.15, 0.2) is 0 Å². The molecule has 2 aliphatic heterocycles. The summed E-state index contributed by atoms with van der Waals surface area (Å²) in [6, 6.07) is 4.04. The summed E-state index contributed by atoms with van der Waals surface area (Å²) in [6.07, 6.45) is 11.7. The van der Waals surface area contributed by atoms with Crippen LogP contribution in [0.25, 0.3) is 0 Å². The maximum absolute atomic E-state index is 6.21. The predicted octanol–water partition coefficient (Wildman–Crippen LogP) is 3.02. The number of nitrogens with zero attached hydrogens (tertiary/aromatic N) is 2. The first-order valence-corrected chi connectivity index (χ1v) is 9.18. The van der Waals surface area contributed by atoms with Crippen molar-refractivity contribution < 1.29 is 9.47 Å². The largest absolute Gasteiger partial charge is 0.372 e. The Balaban J connectivity index is 1.22. The Morgan fingerprint density at radius 1 is 1.22 bits per heavy atom. The van der Waals surface area contributed by atoms with Gasteiger partial charge in [0.25, 0.3) is 0 Å². The second-order valence-corrected chi connectivity index (χ2v) is 7.58. The molecule has 1 saturated carbocycles. The maximum atomic E-state index is 6.21. The van der Waals surface area contributed by atoms with E-state index in [-0.39, 0.29) is 11.7 Å². The van der Waals surface area contributed by atoms with Crippen molar-refractivity contribution in [1.29, 1.82) is 0 Å². The van der Waals surface area contributed by atoms with Crippen molar-refractivity contribution in [3.8, 4) is 0 Å². The van der Waals surface area contributed by atoms with E-state index >= 15 is 0 Å². The average molecular weight is 316 g/mol. The molecule has 4 heteroatoms. The van der Waals surface area contributed by atoms with Crippen LogP contribution in [0.15, 0.2) is 24.5 Å². The molecule has 23 heavy (non-hydrogen) atoms. The molecule has 4 rings (SSSR count). The lowest BCUT2D eigenvalue weighted by Crippen LogP contribution is -2.46. The van der Waals surface area contributed by atoms with Crippen LogP contribution >= 0.6 is 0 Å². The van der Waals surface area contributed by atoms with Crippen LogP contribution in [0.1, 0.15) is 44.1 Å². The van der Waals surface area contributed by atoms with Crippen LogP contribution in [0, 0.1) is 5.92 Å². The zero-order chi connectivity index (χ0) is 15.5. The second-order valence-electron chi connectivity index (χ2n) is 7.58. The number of rotatable bonds is 5. The average Bonchev–Trinajstić information content (AvgIpc) is 2.95. The summed E-state index contributed by atoms with van der Waals surface area (Å²) in [7, 11) is 0. The third kappa shape index (κ3) is 3.76. The van der Waals surface area contributed by atoms with Gasteiger partial charge in [0, 0.05) is 38.4 Å². The zero-order valence-corrected chi connectivity index (χ0v) is 14.0. The minimum Gasteiger partial charge on any atom is -0.372 e. The Bertz CT molecular complexity index is 495. The molecule has 0 N–H and O–H groups in total. The smallest absolute Gasteiger partial charge is 0.0840 e. The van der Waals surface area contributed by atoms with E-state index in [9.17, 15) is 0 Å². The number of likely N-dealkylation sites (tertiary alicyclic amines) is 1. The molecular weight excluding hydrogens is 288 g/mol. The summed E-state index contributed by atoms with van der Waals surface area (Å²) >= 11 is 0. The lowest BCUT2D eigenvalue weighted by atomic mass is 9.83. The molecule has 1 aromatic heterocycles. The van der Waals surface area contributed by atoms with Crippen LogP contribution in [-0.2, 0) is 16.1 Å². The van der Waals surface area contributed by atoms with Gasteiger partial charge in [-0.3, -0.25) is 4.98 Å². The molecule has 1 aromatic rings. The highest BCUT2D eigenvalue weighted by molar-refractivity contribution is 5.08. The summed E-state index contributed by atoms with van der Waals surface area (Å²) in [5, 5.41) is 0. The van der Waals surface area contributed by atoms with E-state index in [1.807, 2.05) is 24.5 Å². The van der Waals surface area contributed by atoms with Crippen LogP contribution in [0.5, 0.6) is 0 Å². The van der Waals surface area contributed by atoms with E-state index in [2.05, 4.69) is 9.88 Å². The van der Waals surface area contributed by atoms with Crippen molar-refractivity contribution in [3.05, 3.63) is 30.1 Å². The molecule has 1 spiro atoms. The Morgan fingerprint density at radius 3 is 2.70 bits per heavy atom. The summed E-state index contributed by atoms with van der Waals surface area (Å²) in [5.41, 5.74) is 1.29. The molecule has 0 bridgehead atoms. The molecule has 3 fully saturated rings. The van der Waals surface area contributed by atoms with Crippen LogP contribution in [0.4, 0.5) is 0 Å². The van der Waals surface area contributed by atoms with Crippen LogP contribution in [0.3, 0.4) is 0 Å². The number of ether oxygens (including phenoxy) is 2. The molecule has 0 amide bonds. The highest BCUT2D eigenvalue weighted by Crippen LogP contribution is 2.38. The van der Waals surface area contributed by atoms with Crippen molar-refractivity contribution in [1.82, 2.24) is 9.88 Å². The van der Waals surface area contributed by atoms with E-state index in [0.717, 1.165) is 18.9 Å². The predicted molar refractivity (Wildman–Crippen MR) is 89.1 cm³/mol. The van der Waals surface area contributed by atoms with Crippen molar-refractivity contribution in [2.75, 3.05) is 26.2 Å². The van der Waals surface area contributed by atoms with Gasteiger partial charge in [-0.05, 0) is 49.3 Å². The molecule has 4 nitrogen and oxygen atoms in total. The summed E-state index contributed by atoms with van der Waals surface area (Å²) in [5.74, 6) is 0.977. The Kier molecular flexibility index (Phi) is 4.65. The van der Waals surface area contributed by atoms with Crippen molar-refractivity contribution in [2.24, 2.45) is 5.92 Å². The fraction of sp³-hybridized carbons (Fsp3) is 0.737. The standard InChI is InChI=1S/C19H28N2O2/c1-2-16(3-1)13-21-10-6-19(7-11-21)12-18(15-23-19)22-14-17-4-8-20-9-5-17/h4-5,8-9,16,18H,1-3,6-7,10-15H2. The van der Waals surface area contributed by atoms with Gasteiger partial charge in [-0.15, -0.1) is 0 Å². The molecule has 3 heterocycles. The number of hydrogen-bond donors (Lipinski definition) is 0. The lowest BCUT2D eigenvalue weighted by molar-refractivity contribution is -0.0490. The van der Waals surface area contributed by atoms with Gasteiger partial charge >= 0.3 is 0 Å². The van der Waals surface area contributed by atoms with Crippen LogP contribution in [0.2, 0.25) is 0 Å². The monoisotopic (exact) mass is 316 g/mol. The maximum Gasteiger partial charge on any atom is 0.0840 e. The van der Waals surface area contributed by atoms with Crippen LogP contribution < -0.4 is 0 Å². The Morgan fingerprint density at radius 2 is 2.00 bits per heavy atom. The molecule has 3 aliphatic rings. The van der Waals surface area contributed by atoms with Gasteiger partial charge < -0.3 is 14.4 Å².